The minimum absolute atomic E-state index is 0.406. The molecule has 0 saturated heterocycles. The first-order valence-electron chi connectivity index (χ1n) is 5.32. The van der Waals surface area contributed by atoms with Gasteiger partial charge in [-0.15, -0.1) is 0 Å². The van der Waals surface area contributed by atoms with Gasteiger partial charge in [-0.3, -0.25) is 4.98 Å². The summed E-state index contributed by atoms with van der Waals surface area (Å²) in [6.07, 6.45) is 1.83. The number of aromatic nitrogens is 1. The van der Waals surface area contributed by atoms with E-state index in [-0.39, 0.29) is 0 Å². The van der Waals surface area contributed by atoms with Crippen molar-refractivity contribution < 1.29 is 4.74 Å². The fourth-order valence-electron chi connectivity index (χ4n) is 1.75. The van der Waals surface area contributed by atoms with Gasteiger partial charge in [-0.05, 0) is 36.1 Å². The van der Waals surface area contributed by atoms with Gasteiger partial charge in [0.15, 0.2) is 0 Å². The summed E-state index contributed by atoms with van der Waals surface area (Å²) in [5.74, 6) is 0.955. The fourth-order valence-corrected chi connectivity index (χ4v) is 1.75. The van der Waals surface area contributed by atoms with Crippen LogP contribution in [0.5, 0.6) is 0 Å². The molecule has 3 nitrogen and oxygen atoms in total. The Morgan fingerprint density at radius 1 is 1.47 bits per heavy atom. The van der Waals surface area contributed by atoms with Gasteiger partial charge in [-0.25, -0.2) is 0 Å². The maximum atomic E-state index is 5.78. The first kappa shape index (κ1) is 12.1. The molecule has 1 rings (SSSR count). The van der Waals surface area contributed by atoms with E-state index in [4.69, 9.17) is 10.5 Å². The van der Waals surface area contributed by atoms with Crippen molar-refractivity contribution in [3.8, 4) is 0 Å². The smallest absolute Gasteiger partial charge is 0.0884 e. The molecule has 0 fully saturated rings. The lowest BCUT2D eigenvalue weighted by atomic mass is 9.89. The number of pyridine rings is 1. The van der Waals surface area contributed by atoms with Crippen LogP contribution in [0.3, 0.4) is 0 Å². The van der Waals surface area contributed by atoms with Crippen LogP contribution in [0, 0.1) is 5.92 Å². The van der Waals surface area contributed by atoms with E-state index in [1.807, 2.05) is 12.3 Å². The highest BCUT2D eigenvalue weighted by Crippen LogP contribution is 2.23. The molecule has 0 saturated carbocycles. The van der Waals surface area contributed by atoms with Gasteiger partial charge in [0.25, 0.3) is 0 Å². The van der Waals surface area contributed by atoms with Crippen LogP contribution in [0.25, 0.3) is 0 Å². The Kier molecular flexibility index (Phi) is 4.72. The van der Waals surface area contributed by atoms with Crippen LogP contribution in [0.2, 0.25) is 0 Å². The van der Waals surface area contributed by atoms with Crippen molar-refractivity contribution in [2.75, 3.05) is 13.7 Å². The molecule has 3 heteroatoms. The second-order valence-electron chi connectivity index (χ2n) is 4.10. The first-order valence-corrected chi connectivity index (χ1v) is 5.32. The van der Waals surface area contributed by atoms with Crippen molar-refractivity contribution in [3.63, 3.8) is 0 Å². The van der Waals surface area contributed by atoms with E-state index in [1.54, 1.807) is 7.11 Å². The Morgan fingerprint density at radius 2 is 2.20 bits per heavy atom. The highest BCUT2D eigenvalue weighted by atomic mass is 16.5. The highest BCUT2D eigenvalue weighted by Gasteiger charge is 2.14. The fraction of sp³-hybridized carbons (Fsp3) is 0.583. The van der Waals surface area contributed by atoms with Gasteiger partial charge in [0.2, 0.25) is 0 Å². The zero-order valence-electron chi connectivity index (χ0n) is 9.73. The van der Waals surface area contributed by atoms with Crippen molar-refractivity contribution in [2.24, 2.45) is 11.7 Å². The Bertz CT molecular complexity index is 299. The summed E-state index contributed by atoms with van der Waals surface area (Å²) < 4.78 is 5.06. The van der Waals surface area contributed by atoms with Crippen LogP contribution in [-0.2, 0) is 11.3 Å². The number of rotatable bonds is 5. The van der Waals surface area contributed by atoms with Crippen molar-refractivity contribution in [3.05, 3.63) is 29.6 Å². The third-order valence-electron chi connectivity index (χ3n) is 2.62. The van der Waals surface area contributed by atoms with Gasteiger partial charge >= 0.3 is 0 Å². The number of methoxy groups -OCH3 is 1. The van der Waals surface area contributed by atoms with Crippen molar-refractivity contribution in [1.29, 1.82) is 0 Å². The van der Waals surface area contributed by atoms with Crippen LogP contribution in [-0.4, -0.2) is 18.6 Å². The first-order chi connectivity index (χ1) is 7.19. The molecule has 1 heterocycles. The molecule has 1 atom stereocenters. The van der Waals surface area contributed by atoms with Gasteiger partial charge < -0.3 is 10.5 Å². The Hall–Kier alpha value is -0.930. The second kappa shape index (κ2) is 5.83. The maximum Gasteiger partial charge on any atom is 0.0884 e. The molecule has 0 radical (unpaired) electrons. The van der Waals surface area contributed by atoms with E-state index >= 15 is 0 Å². The summed E-state index contributed by atoms with van der Waals surface area (Å²) in [6.45, 7) is 5.61. The van der Waals surface area contributed by atoms with E-state index < -0.39 is 0 Å². The van der Waals surface area contributed by atoms with E-state index in [0.717, 1.165) is 5.69 Å². The average molecular weight is 208 g/mol. The summed E-state index contributed by atoms with van der Waals surface area (Å²) in [6, 6.07) is 4.12. The molecule has 84 valence electrons. The highest BCUT2D eigenvalue weighted by molar-refractivity contribution is 5.21. The topological polar surface area (TPSA) is 48.1 Å². The molecule has 0 aliphatic heterocycles. The third kappa shape index (κ3) is 3.29. The second-order valence-corrected chi connectivity index (χ2v) is 4.10. The molecule has 1 unspecified atom stereocenters. The van der Waals surface area contributed by atoms with Crippen LogP contribution < -0.4 is 5.73 Å². The zero-order valence-corrected chi connectivity index (χ0v) is 9.73. The number of ether oxygens (including phenoxy) is 1. The lowest BCUT2D eigenvalue weighted by Gasteiger charge is -2.19. The minimum Gasteiger partial charge on any atom is -0.378 e. The van der Waals surface area contributed by atoms with Crippen molar-refractivity contribution in [2.45, 2.75) is 26.4 Å². The maximum absolute atomic E-state index is 5.78. The summed E-state index contributed by atoms with van der Waals surface area (Å²) in [7, 11) is 1.68. The molecule has 0 aromatic carbocycles. The molecule has 0 bridgehead atoms. The van der Waals surface area contributed by atoms with Gasteiger partial charge in [0, 0.05) is 13.3 Å². The van der Waals surface area contributed by atoms with Gasteiger partial charge in [0.05, 0.1) is 12.3 Å². The summed E-state index contributed by atoms with van der Waals surface area (Å²) in [4.78, 5) is 4.24. The standard InChI is InChI=1S/C12H20N2O/c1-9(2)12(7-13)10-4-5-14-11(6-10)8-15-3/h4-6,9,12H,7-8,13H2,1-3H3. The van der Waals surface area contributed by atoms with E-state index in [2.05, 4.69) is 24.9 Å². The third-order valence-corrected chi connectivity index (χ3v) is 2.62. The number of hydrogen-bond donors (Lipinski definition) is 1. The monoisotopic (exact) mass is 208 g/mol. The molecule has 1 aromatic rings. The molecule has 15 heavy (non-hydrogen) atoms. The Morgan fingerprint density at radius 3 is 2.73 bits per heavy atom. The number of nitrogens with zero attached hydrogens (tertiary/aromatic N) is 1. The van der Waals surface area contributed by atoms with Crippen LogP contribution in [0.15, 0.2) is 18.3 Å². The largest absolute Gasteiger partial charge is 0.378 e. The predicted molar refractivity (Wildman–Crippen MR) is 61.6 cm³/mol. The molecule has 0 amide bonds. The Balaban J connectivity index is 2.87. The molecule has 1 aromatic heterocycles. The van der Waals surface area contributed by atoms with Crippen LogP contribution in [0.1, 0.15) is 31.0 Å². The molecule has 0 aliphatic rings. The van der Waals surface area contributed by atoms with E-state index in [1.165, 1.54) is 5.56 Å². The summed E-state index contributed by atoms with van der Waals surface area (Å²) in [5.41, 5.74) is 8.00. The molecular formula is C12H20N2O. The Labute approximate surface area is 91.7 Å². The summed E-state index contributed by atoms with van der Waals surface area (Å²) in [5, 5.41) is 0. The minimum atomic E-state index is 0.406. The van der Waals surface area contributed by atoms with E-state index in [0.29, 0.717) is 25.0 Å². The summed E-state index contributed by atoms with van der Waals surface area (Å²) >= 11 is 0. The molecule has 0 spiro atoms. The molecule has 2 N–H and O–H groups in total. The van der Waals surface area contributed by atoms with Crippen LogP contribution in [0.4, 0.5) is 0 Å². The average Bonchev–Trinajstić information content (AvgIpc) is 2.19. The van der Waals surface area contributed by atoms with Gasteiger partial charge in [-0.1, -0.05) is 13.8 Å². The van der Waals surface area contributed by atoms with Crippen molar-refractivity contribution >= 4 is 0 Å². The number of nitrogens with two attached hydrogens (primary N) is 1. The molecule has 0 aliphatic carbocycles. The quantitative estimate of drug-likeness (QED) is 0.804. The lowest BCUT2D eigenvalue weighted by Crippen LogP contribution is -2.18. The van der Waals surface area contributed by atoms with E-state index in [9.17, 15) is 0 Å². The van der Waals surface area contributed by atoms with Gasteiger partial charge in [-0.2, -0.15) is 0 Å². The molecular weight excluding hydrogens is 188 g/mol. The van der Waals surface area contributed by atoms with Gasteiger partial charge in [0.1, 0.15) is 0 Å². The van der Waals surface area contributed by atoms with Crippen LogP contribution >= 0.6 is 0 Å². The normalized spacial score (nSPS) is 13.1. The SMILES string of the molecule is COCc1cc(C(CN)C(C)C)ccn1. The zero-order chi connectivity index (χ0) is 11.3. The predicted octanol–water partition coefficient (Wildman–Crippen LogP) is 1.93. The lowest BCUT2D eigenvalue weighted by molar-refractivity contribution is 0.181. The number of hydrogen-bond acceptors (Lipinski definition) is 3. The van der Waals surface area contributed by atoms with Crippen molar-refractivity contribution in [1.82, 2.24) is 4.98 Å².